The molecule has 0 bridgehead atoms. The molecule has 1 aliphatic rings. The second kappa shape index (κ2) is 6.39. The maximum Gasteiger partial charge on any atom is 0.124 e. The smallest absolute Gasteiger partial charge is 0.124 e. The topological polar surface area (TPSA) is 56.4 Å². The molecule has 0 saturated carbocycles. The van der Waals surface area contributed by atoms with Crippen molar-refractivity contribution in [2.24, 2.45) is 5.73 Å². The Kier molecular flexibility index (Phi) is 4.82. The van der Waals surface area contributed by atoms with Crippen LogP contribution in [0.5, 0.6) is 0 Å². The van der Waals surface area contributed by atoms with Crippen molar-refractivity contribution >= 4 is 27.5 Å². The van der Waals surface area contributed by atoms with Crippen LogP contribution in [0.25, 0.3) is 0 Å². The van der Waals surface area contributed by atoms with Crippen LogP contribution in [0.4, 0.5) is 5.69 Å². The minimum atomic E-state index is 0.121. The predicted molar refractivity (Wildman–Crippen MR) is 84.1 cm³/mol. The van der Waals surface area contributed by atoms with Gasteiger partial charge >= 0.3 is 0 Å². The van der Waals surface area contributed by atoms with Gasteiger partial charge in [0.05, 0.1) is 0 Å². The molecular weight excluding hydrogens is 304 g/mol. The molecule has 1 aromatic rings. The fourth-order valence-electron chi connectivity index (χ4n) is 2.47. The highest BCUT2D eigenvalue weighted by molar-refractivity contribution is 9.10. The number of amidine groups is 1. The fraction of sp³-hybridized carbons (Fsp3) is 0.500. The van der Waals surface area contributed by atoms with Crippen LogP contribution in [0.15, 0.2) is 22.7 Å². The molecule has 2 rings (SSSR count). The minimum absolute atomic E-state index is 0.121. The Morgan fingerprint density at radius 2 is 2.11 bits per heavy atom. The Bertz CT molecular complexity index is 455. The summed E-state index contributed by atoms with van der Waals surface area (Å²) in [4.78, 5) is 4.67. The number of nitrogens with zero attached hydrogens (tertiary/aromatic N) is 2. The van der Waals surface area contributed by atoms with E-state index in [1.54, 1.807) is 0 Å². The van der Waals surface area contributed by atoms with Crippen LogP contribution in [0.2, 0.25) is 0 Å². The van der Waals surface area contributed by atoms with E-state index >= 15 is 0 Å². The summed E-state index contributed by atoms with van der Waals surface area (Å²) in [7, 11) is 2.06. The van der Waals surface area contributed by atoms with Gasteiger partial charge in [-0.3, -0.25) is 5.41 Å². The summed E-state index contributed by atoms with van der Waals surface area (Å²) in [6, 6.07) is 5.85. The third-order valence-electron chi connectivity index (χ3n) is 3.61. The number of hydrogen-bond acceptors (Lipinski definition) is 3. The van der Waals surface area contributed by atoms with E-state index in [1.807, 2.05) is 18.2 Å². The third kappa shape index (κ3) is 3.70. The van der Waals surface area contributed by atoms with Gasteiger partial charge in [0.25, 0.3) is 0 Å². The molecule has 0 amide bonds. The molecule has 1 aliphatic heterocycles. The number of rotatable bonds is 5. The second-order valence-electron chi connectivity index (χ2n) is 5.05. The Labute approximate surface area is 123 Å². The van der Waals surface area contributed by atoms with E-state index in [-0.39, 0.29) is 5.84 Å². The average Bonchev–Trinajstić information content (AvgIpc) is 2.88. The zero-order valence-corrected chi connectivity index (χ0v) is 12.9. The Balaban J connectivity index is 2.06. The maximum absolute atomic E-state index is 7.66. The lowest BCUT2D eigenvalue weighted by Gasteiger charge is -2.25. The molecule has 1 heterocycles. The number of anilines is 1. The van der Waals surface area contributed by atoms with Crippen LogP contribution in [0.1, 0.15) is 18.4 Å². The molecule has 0 spiro atoms. The molecule has 1 saturated heterocycles. The van der Waals surface area contributed by atoms with Crippen molar-refractivity contribution in [1.29, 1.82) is 5.41 Å². The van der Waals surface area contributed by atoms with Gasteiger partial charge in [0.1, 0.15) is 5.84 Å². The maximum atomic E-state index is 7.66. The largest absolute Gasteiger partial charge is 0.384 e. The number of likely N-dealkylation sites (N-methyl/N-ethyl adjacent to an activating group) is 1. The Hall–Kier alpha value is -1.07. The first kappa shape index (κ1) is 14.3. The lowest BCUT2D eigenvalue weighted by Crippen LogP contribution is -2.32. The summed E-state index contributed by atoms with van der Waals surface area (Å²) in [5, 5.41) is 7.66. The van der Waals surface area contributed by atoms with Gasteiger partial charge in [0.2, 0.25) is 0 Å². The number of nitrogens with one attached hydrogen (secondary N) is 1. The minimum Gasteiger partial charge on any atom is -0.384 e. The average molecular weight is 325 g/mol. The van der Waals surface area contributed by atoms with Crippen LogP contribution >= 0.6 is 15.9 Å². The first-order valence-electron chi connectivity index (χ1n) is 6.65. The highest BCUT2D eigenvalue weighted by Gasteiger charge is 2.14. The lowest BCUT2D eigenvalue weighted by molar-refractivity contribution is 0.346. The number of likely N-dealkylation sites (tertiary alicyclic amines) is 1. The first-order valence-corrected chi connectivity index (χ1v) is 7.44. The number of halogens is 1. The first-order chi connectivity index (χ1) is 9.08. The van der Waals surface area contributed by atoms with Gasteiger partial charge in [0.15, 0.2) is 0 Å². The van der Waals surface area contributed by atoms with E-state index in [4.69, 9.17) is 11.1 Å². The van der Waals surface area contributed by atoms with Gasteiger partial charge < -0.3 is 15.5 Å². The van der Waals surface area contributed by atoms with Gasteiger partial charge in [0, 0.05) is 35.9 Å². The zero-order valence-electron chi connectivity index (χ0n) is 11.3. The van der Waals surface area contributed by atoms with Gasteiger partial charge in [-0.05, 0) is 44.1 Å². The molecule has 1 fully saturated rings. The molecule has 4 nitrogen and oxygen atoms in total. The molecule has 19 heavy (non-hydrogen) atoms. The van der Waals surface area contributed by atoms with E-state index in [2.05, 4.69) is 32.8 Å². The van der Waals surface area contributed by atoms with Crippen molar-refractivity contribution in [3.8, 4) is 0 Å². The summed E-state index contributed by atoms with van der Waals surface area (Å²) in [6.07, 6.45) is 2.64. The molecule has 104 valence electrons. The molecule has 0 aromatic heterocycles. The summed E-state index contributed by atoms with van der Waals surface area (Å²) < 4.78 is 1.01. The van der Waals surface area contributed by atoms with Gasteiger partial charge in [-0.2, -0.15) is 0 Å². The van der Waals surface area contributed by atoms with E-state index in [0.29, 0.717) is 0 Å². The molecule has 0 atom stereocenters. The Morgan fingerprint density at radius 1 is 1.42 bits per heavy atom. The molecule has 0 radical (unpaired) electrons. The van der Waals surface area contributed by atoms with Gasteiger partial charge in [-0.1, -0.05) is 15.9 Å². The van der Waals surface area contributed by atoms with E-state index in [9.17, 15) is 0 Å². The number of nitrogen functional groups attached to an aromatic ring is 1. The van der Waals surface area contributed by atoms with Crippen LogP contribution in [-0.2, 0) is 0 Å². The van der Waals surface area contributed by atoms with Crippen molar-refractivity contribution in [3.05, 3.63) is 28.2 Å². The van der Waals surface area contributed by atoms with Crippen molar-refractivity contribution in [1.82, 2.24) is 4.90 Å². The molecule has 3 N–H and O–H groups in total. The van der Waals surface area contributed by atoms with Crippen LogP contribution in [0.3, 0.4) is 0 Å². The lowest BCUT2D eigenvalue weighted by atomic mass is 10.1. The van der Waals surface area contributed by atoms with E-state index < -0.39 is 0 Å². The quantitative estimate of drug-likeness (QED) is 0.645. The van der Waals surface area contributed by atoms with E-state index in [1.165, 1.54) is 25.9 Å². The second-order valence-corrected chi connectivity index (χ2v) is 5.96. The third-order valence-corrected chi connectivity index (χ3v) is 4.10. The summed E-state index contributed by atoms with van der Waals surface area (Å²) >= 11 is 3.48. The number of nitrogens with two attached hydrogens (primary N) is 1. The Morgan fingerprint density at radius 3 is 2.74 bits per heavy atom. The molecule has 0 aliphatic carbocycles. The van der Waals surface area contributed by atoms with Crippen molar-refractivity contribution in [3.63, 3.8) is 0 Å². The standard InChI is InChI=1S/C14H21BrN4/c1-18(8-9-19-6-2-3-7-19)13-10-11(15)4-5-12(13)14(16)17/h4-5,10H,2-3,6-9H2,1H3,(H3,16,17). The van der Waals surface area contributed by atoms with Gasteiger partial charge in [-0.15, -0.1) is 0 Å². The normalized spacial score (nSPS) is 15.7. The molecular formula is C14H21BrN4. The fourth-order valence-corrected chi connectivity index (χ4v) is 2.82. The number of hydrogen-bond donors (Lipinski definition) is 2. The monoisotopic (exact) mass is 324 g/mol. The van der Waals surface area contributed by atoms with Crippen LogP contribution < -0.4 is 10.6 Å². The molecule has 0 unspecified atom stereocenters. The summed E-state index contributed by atoms with van der Waals surface area (Å²) in [5.74, 6) is 0.121. The zero-order chi connectivity index (χ0) is 13.8. The highest BCUT2D eigenvalue weighted by atomic mass is 79.9. The highest BCUT2D eigenvalue weighted by Crippen LogP contribution is 2.24. The van der Waals surface area contributed by atoms with Crippen molar-refractivity contribution in [2.75, 3.05) is 38.1 Å². The van der Waals surface area contributed by atoms with Crippen molar-refractivity contribution in [2.45, 2.75) is 12.8 Å². The summed E-state index contributed by atoms with van der Waals surface area (Å²) in [6.45, 7) is 4.45. The van der Waals surface area contributed by atoms with Crippen molar-refractivity contribution < 1.29 is 0 Å². The van der Waals surface area contributed by atoms with Gasteiger partial charge in [-0.25, -0.2) is 0 Å². The predicted octanol–water partition coefficient (Wildman–Crippen LogP) is 2.27. The van der Waals surface area contributed by atoms with Crippen LogP contribution in [-0.4, -0.2) is 44.0 Å². The summed E-state index contributed by atoms with van der Waals surface area (Å²) in [5.41, 5.74) is 7.46. The van der Waals surface area contributed by atoms with E-state index in [0.717, 1.165) is 28.8 Å². The SMILES string of the molecule is CN(CCN1CCCC1)c1cc(Br)ccc1C(=N)N. The molecule has 1 aromatic carbocycles. The number of benzene rings is 1. The molecule has 5 heteroatoms. The van der Waals surface area contributed by atoms with Crippen LogP contribution in [0, 0.1) is 5.41 Å².